The molecule has 0 saturated carbocycles. The molecule has 1 atom stereocenters. The second-order valence-corrected chi connectivity index (χ2v) is 8.77. The van der Waals surface area contributed by atoms with Gasteiger partial charge in [-0.15, -0.1) is 24.0 Å². The molecule has 2 aromatic rings. The summed E-state index contributed by atoms with van der Waals surface area (Å²) in [5.41, 5.74) is 4.04. The van der Waals surface area contributed by atoms with Gasteiger partial charge in [0, 0.05) is 39.8 Å². The Bertz CT molecular complexity index is 922. The van der Waals surface area contributed by atoms with Crippen molar-refractivity contribution in [2.75, 3.05) is 54.0 Å². The number of halogens is 1. The van der Waals surface area contributed by atoms with Gasteiger partial charge in [-0.3, -0.25) is 4.99 Å². The summed E-state index contributed by atoms with van der Waals surface area (Å²) in [4.78, 5) is 9.52. The first-order valence-corrected chi connectivity index (χ1v) is 11.7. The molecule has 1 N–H and O–H groups in total. The van der Waals surface area contributed by atoms with E-state index in [9.17, 15) is 0 Å². The number of guanidine groups is 1. The van der Waals surface area contributed by atoms with Crippen LogP contribution in [-0.2, 0) is 19.4 Å². The van der Waals surface area contributed by atoms with Crippen LogP contribution in [-0.4, -0.2) is 69.8 Å². The first-order chi connectivity index (χ1) is 15.7. The van der Waals surface area contributed by atoms with E-state index in [0.29, 0.717) is 5.92 Å². The topological polar surface area (TPSA) is 49.3 Å². The first-order valence-electron chi connectivity index (χ1n) is 11.7. The van der Waals surface area contributed by atoms with Crippen LogP contribution in [0.5, 0.6) is 11.5 Å². The van der Waals surface area contributed by atoms with Crippen molar-refractivity contribution < 1.29 is 9.47 Å². The van der Waals surface area contributed by atoms with Gasteiger partial charge in [0.05, 0.1) is 14.2 Å². The van der Waals surface area contributed by atoms with Crippen LogP contribution in [0.25, 0.3) is 0 Å². The third-order valence-electron chi connectivity index (χ3n) is 6.71. The maximum absolute atomic E-state index is 5.50. The van der Waals surface area contributed by atoms with Crippen molar-refractivity contribution in [2.45, 2.75) is 25.8 Å². The summed E-state index contributed by atoms with van der Waals surface area (Å²) in [5, 5.41) is 3.65. The summed E-state index contributed by atoms with van der Waals surface area (Å²) in [6, 6.07) is 15.0. The number of ether oxygens (including phenoxy) is 2. The second kappa shape index (κ2) is 12.5. The number of aliphatic imine (C=N–C) groups is 1. The Morgan fingerprint density at radius 3 is 2.48 bits per heavy atom. The van der Waals surface area contributed by atoms with Crippen molar-refractivity contribution in [2.24, 2.45) is 10.9 Å². The number of benzene rings is 2. The number of methoxy groups -OCH3 is 2. The normalized spacial score (nSPS) is 18.5. The van der Waals surface area contributed by atoms with E-state index in [2.05, 4.69) is 62.6 Å². The Labute approximate surface area is 215 Å². The standard InChI is InChI=1S/C26H36N4O2.HI/c1-27-26(30-14-11-22-15-24(31-2)25(32-3)16-23(22)19-30)28-17-21-10-13-29(18-21)12-9-20-7-5-4-6-8-20;/h4-8,15-16,21H,9-14,17-19H2,1-3H3,(H,27,28);1H. The Hall–Kier alpha value is -2.00. The zero-order valence-electron chi connectivity index (χ0n) is 20.0. The molecular weight excluding hydrogens is 527 g/mol. The van der Waals surface area contributed by atoms with Crippen LogP contribution in [0.3, 0.4) is 0 Å². The number of hydrogen-bond donors (Lipinski definition) is 1. The maximum Gasteiger partial charge on any atom is 0.193 e. The van der Waals surface area contributed by atoms with Crippen molar-refractivity contribution in [3.63, 3.8) is 0 Å². The highest BCUT2D eigenvalue weighted by molar-refractivity contribution is 14.0. The van der Waals surface area contributed by atoms with Crippen LogP contribution in [0.15, 0.2) is 47.5 Å². The van der Waals surface area contributed by atoms with Crippen LogP contribution in [0.2, 0.25) is 0 Å². The quantitative estimate of drug-likeness (QED) is 0.315. The van der Waals surface area contributed by atoms with E-state index in [1.54, 1.807) is 14.2 Å². The van der Waals surface area contributed by atoms with Crippen LogP contribution in [0.1, 0.15) is 23.1 Å². The predicted octanol–water partition coefficient (Wildman–Crippen LogP) is 3.82. The van der Waals surface area contributed by atoms with Gasteiger partial charge in [-0.2, -0.15) is 0 Å². The molecule has 2 heterocycles. The highest BCUT2D eigenvalue weighted by Gasteiger charge is 2.25. The SMILES string of the molecule is CN=C(NCC1CCN(CCc2ccccc2)C1)N1CCc2cc(OC)c(OC)cc2C1.I. The molecule has 0 aromatic heterocycles. The minimum atomic E-state index is 0. The molecule has 2 aliphatic rings. The molecule has 0 radical (unpaired) electrons. The molecule has 6 nitrogen and oxygen atoms in total. The molecule has 4 rings (SSSR count). The summed E-state index contributed by atoms with van der Waals surface area (Å²) in [5.74, 6) is 3.26. The molecule has 0 bridgehead atoms. The molecule has 180 valence electrons. The van der Waals surface area contributed by atoms with E-state index in [1.807, 2.05) is 7.05 Å². The van der Waals surface area contributed by atoms with E-state index in [4.69, 9.17) is 9.47 Å². The molecule has 1 unspecified atom stereocenters. The van der Waals surface area contributed by atoms with Gasteiger partial charge in [-0.05, 0) is 60.5 Å². The molecule has 7 heteroatoms. The second-order valence-electron chi connectivity index (χ2n) is 8.77. The van der Waals surface area contributed by atoms with E-state index in [0.717, 1.165) is 63.0 Å². The summed E-state index contributed by atoms with van der Waals surface area (Å²) in [7, 11) is 5.26. The molecular formula is C26H37IN4O2. The molecule has 1 fully saturated rings. The molecule has 0 amide bonds. The average molecular weight is 565 g/mol. The van der Waals surface area contributed by atoms with Crippen molar-refractivity contribution in [1.82, 2.24) is 15.1 Å². The highest BCUT2D eigenvalue weighted by Crippen LogP contribution is 2.33. The van der Waals surface area contributed by atoms with Crippen molar-refractivity contribution in [3.05, 3.63) is 59.2 Å². The Morgan fingerprint density at radius 1 is 1.06 bits per heavy atom. The fourth-order valence-corrected chi connectivity index (χ4v) is 4.85. The smallest absolute Gasteiger partial charge is 0.193 e. The number of nitrogens with zero attached hydrogens (tertiary/aromatic N) is 3. The lowest BCUT2D eigenvalue weighted by Crippen LogP contribution is -2.45. The monoisotopic (exact) mass is 564 g/mol. The fraction of sp³-hybridized carbons (Fsp3) is 0.500. The van der Waals surface area contributed by atoms with Gasteiger partial charge in [0.15, 0.2) is 17.5 Å². The van der Waals surface area contributed by atoms with Gasteiger partial charge < -0.3 is 24.6 Å². The number of hydrogen-bond acceptors (Lipinski definition) is 4. The van der Waals surface area contributed by atoms with Gasteiger partial charge in [0.1, 0.15) is 0 Å². The number of nitrogens with one attached hydrogen (secondary N) is 1. The largest absolute Gasteiger partial charge is 0.493 e. The third-order valence-corrected chi connectivity index (χ3v) is 6.71. The minimum Gasteiger partial charge on any atom is -0.493 e. The van der Waals surface area contributed by atoms with E-state index < -0.39 is 0 Å². The minimum absolute atomic E-state index is 0. The molecule has 2 aromatic carbocycles. The van der Waals surface area contributed by atoms with Gasteiger partial charge in [0.2, 0.25) is 0 Å². The van der Waals surface area contributed by atoms with Gasteiger partial charge in [0.25, 0.3) is 0 Å². The lowest BCUT2D eigenvalue weighted by molar-refractivity contribution is 0.325. The van der Waals surface area contributed by atoms with Gasteiger partial charge >= 0.3 is 0 Å². The predicted molar refractivity (Wildman–Crippen MR) is 145 cm³/mol. The fourth-order valence-electron chi connectivity index (χ4n) is 4.85. The maximum atomic E-state index is 5.50. The van der Waals surface area contributed by atoms with E-state index >= 15 is 0 Å². The van der Waals surface area contributed by atoms with Crippen molar-refractivity contribution in [3.8, 4) is 11.5 Å². The molecule has 2 aliphatic heterocycles. The Kier molecular flexibility index (Phi) is 9.67. The number of likely N-dealkylation sites (tertiary alicyclic amines) is 1. The zero-order chi connectivity index (χ0) is 22.3. The zero-order valence-corrected chi connectivity index (χ0v) is 22.4. The van der Waals surface area contributed by atoms with Gasteiger partial charge in [-0.25, -0.2) is 0 Å². The van der Waals surface area contributed by atoms with Crippen LogP contribution >= 0.6 is 24.0 Å². The Morgan fingerprint density at radius 2 is 1.79 bits per heavy atom. The van der Waals surface area contributed by atoms with Crippen LogP contribution in [0, 0.1) is 5.92 Å². The Balaban J connectivity index is 0.00000306. The van der Waals surface area contributed by atoms with E-state index in [-0.39, 0.29) is 24.0 Å². The summed E-state index contributed by atoms with van der Waals surface area (Å²) >= 11 is 0. The summed E-state index contributed by atoms with van der Waals surface area (Å²) in [6.07, 6.45) is 3.36. The van der Waals surface area contributed by atoms with Crippen molar-refractivity contribution in [1.29, 1.82) is 0 Å². The lowest BCUT2D eigenvalue weighted by Gasteiger charge is -2.32. The third kappa shape index (κ3) is 6.53. The molecule has 1 saturated heterocycles. The number of fused-ring (bicyclic) bond motifs is 1. The number of rotatable bonds is 7. The molecule has 0 aliphatic carbocycles. The summed E-state index contributed by atoms with van der Waals surface area (Å²) in [6.45, 7) is 6.26. The van der Waals surface area contributed by atoms with Gasteiger partial charge in [-0.1, -0.05) is 30.3 Å². The van der Waals surface area contributed by atoms with Crippen LogP contribution < -0.4 is 14.8 Å². The average Bonchev–Trinajstić information content (AvgIpc) is 3.30. The molecule has 0 spiro atoms. The first kappa shape index (κ1) is 25.6. The van der Waals surface area contributed by atoms with Crippen LogP contribution in [0.4, 0.5) is 0 Å². The highest BCUT2D eigenvalue weighted by atomic mass is 127. The molecule has 33 heavy (non-hydrogen) atoms. The van der Waals surface area contributed by atoms with Crippen molar-refractivity contribution >= 4 is 29.9 Å². The summed E-state index contributed by atoms with van der Waals surface area (Å²) < 4.78 is 11.0. The van der Waals surface area contributed by atoms with E-state index in [1.165, 1.54) is 29.7 Å². The lowest BCUT2D eigenvalue weighted by atomic mass is 9.99.